The molecule has 0 aliphatic heterocycles. The molecule has 112 valence electrons. The molecule has 0 spiro atoms. The highest BCUT2D eigenvalue weighted by molar-refractivity contribution is 7.87. The first-order valence-corrected chi connectivity index (χ1v) is 8.04. The van der Waals surface area contributed by atoms with E-state index in [4.69, 9.17) is 32.1 Å². The zero-order valence-electron chi connectivity index (χ0n) is 11.3. The van der Waals surface area contributed by atoms with Crippen LogP contribution < -0.4 is 8.92 Å². The number of halogens is 2. The zero-order chi connectivity index (χ0) is 15.6. The number of methoxy groups -OCH3 is 1. The molecule has 4 nitrogen and oxygen atoms in total. The van der Waals surface area contributed by atoms with Gasteiger partial charge in [0, 0.05) is 5.02 Å². The van der Waals surface area contributed by atoms with E-state index in [9.17, 15) is 8.42 Å². The lowest BCUT2D eigenvalue weighted by atomic mass is 10.2. The molecule has 0 saturated carbocycles. The molecule has 2 aromatic carbocycles. The summed E-state index contributed by atoms with van der Waals surface area (Å²) in [5, 5.41) is 0.496. The predicted molar refractivity (Wildman–Crippen MR) is 82.0 cm³/mol. The Hall–Kier alpha value is -1.43. The summed E-state index contributed by atoms with van der Waals surface area (Å²) >= 11 is 11.7. The van der Waals surface area contributed by atoms with Gasteiger partial charge in [0.2, 0.25) is 0 Å². The largest absolute Gasteiger partial charge is 0.495 e. The van der Waals surface area contributed by atoms with Crippen LogP contribution in [0.2, 0.25) is 10.0 Å². The van der Waals surface area contributed by atoms with Gasteiger partial charge in [-0.05, 0) is 42.8 Å². The Bertz CT molecular complexity index is 773. The van der Waals surface area contributed by atoms with Gasteiger partial charge in [-0.3, -0.25) is 0 Å². The normalized spacial score (nSPS) is 11.2. The van der Waals surface area contributed by atoms with Crippen LogP contribution in [0, 0.1) is 6.92 Å². The van der Waals surface area contributed by atoms with Gasteiger partial charge in [-0.2, -0.15) is 8.42 Å². The summed E-state index contributed by atoms with van der Waals surface area (Å²) in [5.74, 6) is 0.204. The van der Waals surface area contributed by atoms with Crippen LogP contribution in [0.1, 0.15) is 5.56 Å². The fraction of sp³-hybridized carbons (Fsp3) is 0.143. The third-order valence-electron chi connectivity index (χ3n) is 2.68. The number of benzene rings is 2. The summed E-state index contributed by atoms with van der Waals surface area (Å²) < 4.78 is 34.9. The molecule has 2 aromatic rings. The molecule has 0 aromatic heterocycles. The van der Waals surface area contributed by atoms with Crippen molar-refractivity contribution in [2.75, 3.05) is 7.11 Å². The van der Waals surface area contributed by atoms with Crippen molar-refractivity contribution in [2.24, 2.45) is 0 Å². The molecule has 0 heterocycles. The van der Waals surface area contributed by atoms with E-state index in [0.717, 1.165) is 5.56 Å². The summed E-state index contributed by atoms with van der Waals surface area (Å²) in [4.78, 5) is -0.0592. The van der Waals surface area contributed by atoms with Crippen molar-refractivity contribution in [3.8, 4) is 11.5 Å². The molecule has 0 unspecified atom stereocenters. The van der Waals surface area contributed by atoms with E-state index >= 15 is 0 Å². The molecule has 0 radical (unpaired) electrons. The van der Waals surface area contributed by atoms with Crippen molar-refractivity contribution in [3.05, 3.63) is 52.0 Å². The van der Waals surface area contributed by atoms with Crippen LogP contribution in [-0.2, 0) is 10.1 Å². The molecule has 0 aliphatic carbocycles. The molecule has 0 aliphatic rings. The molecule has 0 bridgehead atoms. The van der Waals surface area contributed by atoms with Crippen molar-refractivity contribution in [2.45, 2.75) is 11.8 Å². The molecule has 0 fully saturated rings. The highest BCUT2D eigenvalue weighted by Crippen LogP contribution is 2.32. The standard InChI is InChI=1S/C14H12Cl2O4S/c1-9-3-5-13(19-2)14(7-9)21(17,18)20-12-6-4-10(15)8-11(12)16/h3-8H,1-2H3. The van der Waals surface area contributed by atoms with Crippen LogP contribution in [0.5, 0.6) is 11.5 Å². The Kier molecular flexibility index (Phi) is 4.66. The number of aryl methyl sites for hydroxylation is 1. The molecule has 21 heavy (non-hydrogen) atoms. The summed E-state index contributed by atoms with van der Waals surface area (Å²) in [6, 6.07) is 9.07. The van der Waals surface area contributed by atoms with Gasteiger partial charge in [0.15, 0.2) is 5.75 Å². The lowest BCUT2D eigenvalue weighted by Gasteiger charge is -2.12. The number of hydrogen-bond donors (Lipinski definition) is 0. The Morgan fingerprint density at radius 2 is 1.67 bits per heavy atom. The Labute approximate surface area is 133 Å². The minimum atomic E-state index is -4.07. The minimum Gasteiger partial charge on any atom is -0.495 e. The molecule has 7 heteroatoms. The van der Waals surface area contributed by atoms with E-state index in [1.165, 1.54) is 31.4 Å². The number of hydrogen-bond acceptors (Lipinski definition) is 4. The zero-order valence-corrected chi connectivity index (χ0v) is 13.6. The second kappa shape index (κ2) is 6.13. The third kappa shape index (κ3) is 3.61. The Morgan fingerprint density at radius 1 is 1.00 bits per heavy atom. The van der Waals surface area contributed by atoms with E-state index in [-0.39, 0.29) is 21.4 Å². The van der Waals surface area contributed by atoms with E-state index in [1.807, 2.05) is 0 Å². The Balaban J connectivity index is 2.45. The van der Waals surface area contributed by atoms with Crippen molar-refractivity contribution in [3.63, 3.8) is 0 Å². The fourth-order valence-corrected chi connectivity index (χ4v) is 3.38. The quantitative estimate of drug-likeness (QED) is 0.782. The molecular weight excluding hydrogens is 335 g/mol. The highest BCUT2D eigenvalue weighted by atomic mass is 35.5. The van der Waals surface area contributed by atoms with Crippen LogP contribution in [0.15, 0.2) is 41.3 Å². The average molecular weight is 347 g/mol. The number of rotatable bonds is 4. The maximum absolute atomic E-state index is 12.4. The first kappa shape index (κ1) is 15.9. The first-order valence-electron chi connectivity index (χ1n) is 5.87. The van der Waals surface area contributed by atoms with E-state index in [2.05, 4.69) is 0 Å². The maximum atomic E-state index is 12.4. The monoisotopic (exact) mass is 346 g/mol. The Morgan fingerprint density at radius 3 is 2.29 bits per heavy atom. The smallest absolute Gasteiger partial charge is 0.342 e. The molecule has 0 amide bonds. The lowest BCUT2D eigenvalue weighted by Crippen LogP contribution is -2.11. The van der Waals surface area contributed by atoms with E-state index < -0.39 is 10.1 Å². The fourth-order valence-electron chi connectivity index (χ4n) is 1.69. The average Bonchev–Trinajstić information content (AvgIpc) is 2.42. The molecule has 0 atom stereocenters. The van der Waals surface area contributed by atoms with Crippen molar-refractivity contribution in [1.29, 1.82) is 0 Å². The topological polar surface area (TPSA) is 52.6 Å². The molecule has 0 N–H and O–H groups in total. The predicted octanol–water partition coefficient (Wildman–Crippen LogP) is 4.08. The van der Waals surface area contributed by atoms with Gasteiger partial charge in [-0.25, -0.2) is 0 Å². The van der Waals surface area contributed by atoms with Crippen molar-refractivity contribution in [1.82, 2.24) is 0 Å². The van der Waals surface area contributed by atoms with Gasteiger partial charge in [0.25, 0.3) is 0 Å². The molecule has 2 rings (SSSR count). The second-order valence-corrected chi connectivity index (χ2v) is 6.62. The van der Waals surface area contributed by atoms with Crippen molar-refractivity contribution < 1.29 is 17.3 Å². The van der Waals surface area contributed by atoms with Gasteiger partial charge in [0.1, 0.15) is 10.6 Å². The van der Waals surface area contributed by atoms with Gasteiger partial charge < -0.3 is 8.92 Å². The summed E-state index contributed by atoms with van der Waals surface area (Å²) in [7, 11) is -2.68. The molecular formula is C14H12Cl2O4S. The van der Waals surface area contributed by atoms with Crippen LogP contribution in [0.3, 0.4) is 0 Å². The summed E-state index contributed by atoms with van der Waals surface area (Å²) in [5.41, 5.74) is 0.764. The van der Waals surface area contributed by atoms with Crippen LogP contribution in [0.4, 0.5) is 0 Å². The SMILES string of the molecule is COc1ccc(C)cc1S(=O)(=O)Oc1ccc(Cl)cc1Cl. The van der Waals surface area contributed by atoms with Gasteiger partial charge in [-0.15, -0.1) is 0 Å². The maximum Gasteiger partial charge on any atom is 0.342 e. The van der Waals surface area contributed by atoms with Gasteiger partial charge in [-0.1, -0.05) is 29.3 Å². The van der Waals surface area contributed by atoms with E-state index in [1.54, 1.807) is 19.1 Å². The second-order valence-electron chi connectivity index (χ2n) is 4.27. The van der Waals surface area contributed by atoms with Crippen LogP contribution in [0.25, 0.3) is 0 Å². The van der Waals surface area contributed by atoms with Gasteiger partial charge >= 0.3 is 10.1 Å². The summed E-state index contributed by atoms with van der Waals surface area (Å²) in [6.07, 6.45) is 0. The minimum absolute atomic E-state index is 0.00428. The molecule has 0 saturated heterocycles. The summed E-state index contributed by atoms with van der Waals surface area (Å²) in [6.45, 7) is 1.77. The van der Waals surface area contributed by atoms with Gasteiger partial charge in [0.05, 0.1) is 12.1 Å². The number of ether oxygens (including phenoxy) is 1. The van der Waals surface area contributed by atoms with E-state index in [0.29, 0.717) is 5.02 Å². The van der Waals surface area contributed by atoms with Crippen LogP contribution in [-0.4, -0.2) is 15.5 Å². The van der Waals surface area contributed by atoms with Crippen molar-refractivity contribution >= 4 is 33.3 Å². The highest BCUT2D eigenvalue weighted by Gasteiger charge is 2.23. The third-order valence-corrected chi connectivity index (χ3v) is 4.47. The first-order chi connectivity index (χ1) is 9.83. The van der Waals surface area contributed by atoms with Crippen LogP contribution >= 0.6 is 23.2 Å². The lowest BCUT2D eigenvalue weighted by molar-refractivity contribution is 0.398.